The summed E-state index contributed by atoms with van der Waals surface area (Å²) in [5.74, 6) is 0. The van der Waals surface area contributed by atoms with Crippen molar-refractivity contribution < 1.29 is 9.90 Å². The minimum Gasteiger partial charge on any atom is -0.387 e. The summed E-state index contributed by atoms with van der Waals surface area (Å²) in [5, 5.41) is 15.6. The highest BCUT2D eigenvalue weighted by molar-refractivity contribution is 5.73. The van der Waals surface area contributed by atoms with Crippen LogP contribution in [-0.4, -0.2) is 17.7 Å². The van der Waals surface area contributed by atoms with Crippen LogP contribution in [0.15, 0.2) is 48.5 Å². The maximum absolute atomic E-state index is 11.8. The second-order valence-corrected chi connectivity index (χ2v) is 5.43. The van der Waals surface area contributed by atoms with Crippen LogP contribution in [0.5, 0.6) is 0 Å². The van der Waals surface area contributed by atoms with Gasteiger partial charge in [0.15, 0.2) is 0 Å². The number of aliphatic hydroxyl groups excluding tert-OH is 1. The van der Waals surface area contributed by atoms with E-state index < -0.39 is 6.10 Å². The average Bonchev–Trinajstić information content (AvgIpc) is 2.51. The van der Waals surface area contributed by atoms with E-state index in [2.05, 4.69) is 10.6 Å². The van der Waals surface area contributed by atoms with Crippen LogP contribution in [0.2, 0.25) is 0 Å². The SMILES string of the molecule is Cc1cccc(CNC(=O)NCC(O)c2ccccc2C)c1. The Morgan fingerprint density at radius 2 is 1.86 bits per heavy atom. The van der Waals surface area contributed by atoms with Gasteiger partial charge in [-0.15, -0.1) is 0 Å². The van der Waals surface area contributed by atoms with Crippen molar-refractivity contribution in [1.29, 1.82) is 0 Å². The summed E-state index contributed by atoms with van der Waals surface area (Å²) in [6.07, 6.45) is -0.703. The summed E-state index contributed by atoms with van der Waals surface area (Å²) in [6, 6.07) is 15.3. The minimum atomic E-state index is -0.703. The highest BCUT2D eigenvalue weighted by Crippen LogP contribution is 2.16. The molecule has 2 amide bonds. The molecule has 0 bridgehead atoms. The topological polar surface area (TPSA) is 61.4 Å². The van der Waals surface area contributed by atoms with Crippen LogP contribution in [-0.2, 0) is 6.54 Å². The smallest absolute Gasteiger partial charge is 0.315 e. The molecule has 2 rings (SSSR count). The van der Waals surface area contributed by atoms with E-state index in [9.17, 15) is 9.90 Å². The van der Waals surface area contributed by atoms with Gasteiger partial charge in [0.2, 0.25) is 0 Å². The summed E-state index contributed by atoms with van der Waals surface area (Å²) in [6.45, 7) is 4.61. The molecule has 0 fully saturated rings. The number of aryl methyl sites for hydroxylation is 2. The molecule has 116 valence electrons. The van der Waals surface area contributed by atoms with Crippen molar-refractivity contribution in [1.82, 2.24) is 10.6 Å². The molecule has 0 aromatic heterocycles. The molecule has 0 saturated heterocycles. The predicted octanol–water partition coefficient (Wildman–Crippen LogP) is 2.84. The fraction of sp³-hybridized carbons (Fsp3) is 0.278. The number of urea groups is 1. The van der Waals surface area contributed by atoms with Gasteiger partial charge in [-0.1, -0.05) is 54.1 Å². The van der Waals surface area contributed by atoms with Crippen molar-refractivity contribution in [2.24, 2.45) is 0 Å². The monoisotopic (exact) mass is 298 g/mol. The van der Waals surface area contributed by atoms with Gasteiger partial charge < -0.3 is 15.7 Å². The highest BCUT2D eigenvalue weighted by atomic mass is 16.3. The van der Waals surface area contributed by atoms with Crippen molar-refractivity contribution in [3.8, 4) is 0 Å². The van der Waals surface area contributed by atoms with E-state index >= 15 is 0 Å². The third-order valence-corrected chi connectivity index (χ3v) is 3.54. The first-order valence-electron chi connectivity index (χ1n) is 7.37. The van der Waals surface area contributed by atoms with Gasteiger partial charge >= 0.3 is 6.03 Å². The molecule has 0 radical (unpaired) electrons. The Labute approximate surface area is 131 Å². The van der Waals surface area contributed by atoms with Crippen molar-refractivity contribution in [3.63, 3.8) is 0 Å². The number of carbonyl (C=O) groups is 1. The third kappa shape index (κ3) is 4.60. The van der Waals surface area contributed by atoms with E-state index in [1.54, 1.807) is 0 Å². The van der Waals surface area contributed by atoms with Gasteiger partial charge in [0.25, 0.3) is 0 Å². The zero-order valence-electron chi connectivity index (χ0n) is 13.0. The molecule has 1 atom stereocenters. The van der Waals surface area contributed by atoms with Crippen LogP contribution in [0, 0.1) is 13.8 Å². The molecule has 0 aliphatic heterocycles. The number of benzene rings is 2. The quantitative estimate of drug-likeness (QED) is 0.795. The van der Waals surface area contributed by atoms with Gasteiger partial charge in [-0.25, -0.2) is 4.79 Å². The number of nitrogens with one attached hydrogen (secondary N) is 2. The maximum atomic E-state index is 11.8. The Hall–Kier alpha value is -2.33. The molecule has 4 heteroatoms. The van der Waals surface area contributed by atoms with Crippen LogP contribution in [0.4, 0.5) is 4.79 Å². The lowest BCUT2D eigenvalue weighted by molar-refractivity contribution is 0.172. The molecule has 22 heavy (non-hydrogen) atoms. The van der Waals surface area contributed by atoms with Gasteiger partial charge in [0.1, 0.15) is 0 Å². The number of amides is 2. The summed E-state index contributed by atoms with van der Waals surface area (Å²) in [5.41, 5.74) is 4.06. The summed E-state index contributed by atoms with van der Waals surface area (Å²) in [4.78, 5) is 11.8. The largest absolute Gasteiger partial charge is 0.387 e. The number of hydrogen-bond acceptors (Lipinski definition) is 2. The van der Waals surface area contributed by atoms with E-state index in [-0.39, 0.29) is 12.6 Å². The van der Waals surface area contributed by atoms with E-state index in [1.165, 1.54) is 0 Å². The molecular weight excluding hydrogens is 276 g/mol. The second kappa shape index (κ2) is 7.61. The molecule has 3 N–H and O–H groups in total. The Morgan fingerprint density at radius 1 is 1.09 bits per heavy atom. The lowest BCUT2D eigenvalue weighted by Gasteiger charge is -2.15. The molecule has 0 aliphatic rings. The summed E-state index contributed by atoms with van der Waals surface area (Å²) < 4.78 is 0. The van der Waals surface area contributed by atoms with E-state index in [0.717, 1.165) is 22.3 Å². The van der Waals surface area contributed by atoms with Crippen molar-refractivity contribution in [2.75, 3.05) is 6.54 Å². The maximum Gasteiger partial charge on any atom is 0.315 e. The van der Waals surface area contributed by atoms with E-state index in [1.807, 2.05) is 62.4 Å². The van der Waals surface area contributed by atoms with Crippen LogP contribution in [0.1, 0.15) is 28.4 Å². The minimum absolute atomic E-state index is 0.185. The molecule has 0 saturated carbocycles. The van der Waals surface area contributed by atoms with Gasteiger partial charge in [0, 0.05) is 13.1 Å². The highest BCUT2D eigenvalue weighted by Gasteiger charge is 2.11. The van der Waals surface area contributed by atoms with Gasteiger partial charge in [-0.3, -0.25) is 0 Å². The number of aliphatic hydroxyl groups is 1. The molecule has 1 unspecified atom stereocenters. The third-order valence-electron chi connectivity index (χ3n) is 3.54. The van der Waals surface area contributed by atoms with Gasteiger partial charge in [-0.05, 0) is 30.5 Å². The Morgan fingerprint density at radius 3 is 2.59 bits per heavy atom. The van der Waals surface area contributed by atoms with Crippen LogP contribution >= 0.6 is 0 Å². The fourth-order valence-electron chi connectivity index (χ4n) is 2.33. The number of hydrogen-bond donors (Lipinski definition) is 3. The van der Waals surface area contributed by atoms with Crippen molar-refractivity contribution in [3.05, 3.63) is 70.8 Å². The molecule has 2 aromatic carbocycles. The molecule has 0 heterocycles. The average molecular weight is 298 g/mol. The lowest BCUT2D eigenvalue weighted by Crippen LogP contribution is -2.37. The second-order valence-electron chi connectivity index (χ2n) is 5.43. The van der Waals surface area contributed by atoms with E-state index in [4.69, 9.17) is 0 Å². The first kappa shape index (κ1) is 16.0. The van der Waals surface area contributed by atoms with Crippen molar-refractivity contribution >= 4 is 6.03 Å². The summed E-state index contributed by atoms with van der Waals surface area (Å²) in [7, 11) is 0. The van der Waals surface area contributed by atoms with Gasteiger partial charge in [0.05, 0.1) is 6.10 Å². The van der Waals surface area contributed by atoms with Crippen LogP contribution in [0.3, 0.4) is 0 Å². The van der Waals surface area contributed by atoms with Gasteiger partial charge in [-0.2, -0.15) is 0 Å². The van der Waals surface area contributed by atoms with Crippen LogP contribution < -0.4 is 10.6 Å². The Kier molecular flexibility index (Phi) is 5.55. The molecule has 0 spiro atoms. The van der Waals surface area contributed by atoms with Crippen LogP contribution in [0.25, 0.3) is 0 Å². The molecule has 2 aromatic rings. The number of carbonyl (C=O) groups excluding carboxylic acids is 1. The normalized spacial score (nSPS) is 11.8. The first-order chi connectivity index (χ1) is 10.6. The Balaban J connectivity index is 1.79. The van der Waals surface area contributed by atoms with E-state index in [0.29, 0.717) is 6.54 Å². The number of rotatable bonds is 5. The Bertz CT molecular complexity index is 640. The molecular formula is C18H22N2O2. The lowest BCUT2D eigenvalue weighted by atomic mass is 10.0. The standard InChI is InChI=1S/C18H22N2O2/c1-13-6-5-8-15(10-13)11-19-18(22)20-12-17(21)16-9-4-3-7-14(16)2/h3-10,17,21H,11-12H2,1-2H3,(H2,19,20,22). The first-order valence-corrected chi connectivity index (χ1v) is 7.37. The zero-order valence-corrected chi connectivity index (χ0v) is 13.0. The predicted molar refractivity (Wildman–Crippen MR) is 87.6 cm³/mol. The zero-order chi connectivity index (χ0) is 15.9. The fourth-order valence-corrected chi connectivity index (χ4v) is 2.33. The summed E-state index contributed by atoms with van der Waals surface area (Å²) >= 11 is 0. The molecule has 0 aliphatic carbocycles. The molecule has 4 nitrogen and oxygen atoms in total. The van der Waals surface area contributed by atoms with Crippen molar-refractivity contribution in [2.45, 2.75) is 26.5 Å².